The number of nitrogens with zero attached hydrogens (tertiary/aromatic N) is 4. The van der Waals surface area contributed by atoms with Crippen molar-refractivity contribution in [3.05, 3.63) is 53.7 Å². The maximum atomic E-state index is 11.9. The van der Waals surface area contributed by atoms with Gasteiger partial charge in [0, 0.05) is 28.4 Å². The zero-order valence-electron chi connectivity index (χ0n) is 14.0. The van der Waals surface area contributed by atoms with E-state index in [1.165, 1.54) is 10.9 Å². The first-order valence-electron chi connectivity index (χ1n) is 8.11. The van der Waals surface area contributed by atoms with Crippen LogP contribution in [-0.2, 0) is 6.54 Å². The van der Waals surface area contributed by atoms with Crippen LogP contribution < -0.4 is 11.2 Å². The summed E-state index contributed by atoms with van der Waals surface area (Å²) < 4.78 is 6.66. The van der Waals surface area contributed by atoms with E-state index in [0.717, 1.165) is 23.0 Å². The number of nitrogens with two attached hydrogens (primary N) is 1. The first kappa shape index (κ1) is 15.8. The maximum absolute atomic E-state index is 11.9. The Kier molecular flexibility index (Phi) is 3.85. The van der Waals surface area contributed by atoms with Crippen molar-refractivity contribution < 1.29 is 9.42 Å². The molecule has 2 aromatic carbocycles. The number of nitrogen functional groups attached to an aromatic ring is 1. The molecule has 0 radical (unpaired) electrons. The van der Waals surface area contributed by atoms with Crippen LogP contribution >= 0.6 is 0 Å². The van der Waals surface area contributed by atoms with Crippen molar-refractivity contribution in [1.29, 1.82) is 0 Å². The summed E-state index contributed by atoms with van der Waals surface area (Å²) in [6.07, 6.45) is 1.57. The second kappa shape index (κ2) is 6.32. The molecule has 26 heavy (non-hydrogen) atoms. The lowest BCUT2D eigenvalue weighted by Gasteiger charge is -2.02. The van der Waals surface area contributed by atoms with Crippen molar-refractivity contribution in [3.63, 3.8) is 0 Å². The van der Waals surface area contributed by atoms with Crippen LogP contribution in [0, 0.1) is 0 Å². The highest BCUT2D eigenvalue weighted by Gasteiger charge is 2.15. The van der Waals surface area contributed by atoms with Crippen LogP contribution in [0.3, 0.4) is 0 Å². The fraction of sp³-hybridized carbons (Fsp3) is 0.111. The number of hydrogen-bond acceptors (Lipinski definition) is 6. The second-order valence-electron chi connectivity index (χ2n) is 5.74. The fourth-order valence-electron chi connectivity index (χ4n) is 3.06. The van der Waals surface area contributed by atoms with Gasteiger partial charge in [0.15, 0.2) is 0 Å². The number of carbonyl (C=O) groups excluding carboxylic acids is 1. The molecule has 0 saturated carbocycles. The minimum Gasteiger partial charge on any atom is -0.379 e. The van der Waals surface area contributed by atoms with Gasteiger partial charge in [0.25, 0.3) is 5.91 Å². The highest BCUT2D eigenvalue weighted by Crippen LogP contribution is 2.29. The Morgan fingerprint density at radius 1 is 1.23 bits per heavy atom. The lowest BCUT2D eigenvalue weighted by atomic mass is 10.1. The highest BCUT2D eigenvalue weighted by molar-refractivity contribution is 6.09. The third kappa shape index (κ3) is 2.57. The molecule has 0 aliphatic rings. The molecule has 3 N–H and O–H groups in total. The average molecular weight is 348 g/mol. The van der Waals surface area contributed by atoms with Gasteiger partial charge < -0.3 is 10.3 Å². The van der Waals surface area contributed by atoms with Crippen LogP contribution in [-0.4, -0.2) is 27.0 Å². The molecular formula is C18H16N6O2. The van der Waals surface area contributed by atoms with Gasteiger partial charge in [0.1, 0.15) is 0 Å². The van der Waals surface area contributed by atoms with Crippen LogP contribution in [0.1, 0.15) is 23.0 Å². The van der Waals surface area contributed by atoms with Crippen LogP contribution in [0.25, 0.3) is 21.8 Å². The number of nitrogens with one attached hydrogen (secondary N) is 1. The molecule has 4 aromatic rings. The summed E-state index contributed by atoms with van der Waals surface area (Å²) in [4.78, 5) is 11.9. The van der Waals surface area contributed by atoms with Crippen molar-refractivity contribution in [3.8, 4) is 0 Å². The Labute approximate surface area is 148 Å². The van der Waals surface area contributed by atoms with Crippen LogP contribution in [0.2, 0.25) is 0 Å². The zero-order chi connectivity index (χ0) is 18.1. The lowest BCUT2D eigenvalue weighted by Crippen LogP contribution is -2.19. The number of amides is 1. The van der Waals surface area contributed by atoms with E-state index >= 15 is 0 Å². The number of hydrogen-bond donors (Lipinski definition) is 2. The molecule has 0 spiro atoms. The summed E-state index contributed by atoms with van der Waals surface area (Å²) in [5, 5.41) is 13.1. The molecule has 0 atom stereocenters. The molecule has 0 unspecified atom stereocenters. The van der Waals surface area contributed by atoms with E-state index in [-0.39, 0.29) is 11.5 Å². The van der Waals surface area contributed by atoms with Crippen molar-refractivity contribution in [2.45, 2.75) is 13.5 Å². The predicted molar refractivity (Wildman–Crippen MR) is 98.9 cm³/mol. The Balaban J connectivity index is 1.64. The van der Waals surface area contributed by atoms with E-state index < -0.39 is 5.91 Å². The van der Waals surface area contributed by atoms with Crippen molar-refractivity contribution in [2.24, 2.45) is 5.10 Å². The molecule has 1 amide bonds. The van der Waals surface area contributed by atoms with Crippen molar-refractivity contribution in [1.82, 2.24) is 20.3 Å². The van der Waals surface area contributed by atoms with Gasteiger partial charge in [-0.25, -0.2) is 10.1 Å². The second-order valence-corrected chi connectivity index (χ2v) is 5.74. The summed E-state index contributed by atoms with van der Waals surface area (Å²) in [5.74, 6) is -0.657. The number of carbonyl (C=O) groups is 1. The maximum Gasteiger partial charge on any atom is 0.297 e. The first-order valence-corrected chi connectivity index (χ1v) is 8.11. The van der Waals surface area contributed by atoms with Gasteiger partial charge in [0.2, 0.25) is 11.5 Å². The van der Waals surface area contributed by atoms with Gasteiger partial charge in [-0.1, -0.05) is 24.3 Å². The molecule has 0 saturated heterocycles. The molecule has 0 aliphatic heterocycles. The average Bonchev–Trinajstić information content (AvgIpc) is 3.22. The monoisotopic (exact) mass is 348 g/mol. The van der Waals surface area contributed by atoms with Gasteiger partial charge in [0.05, 0.1) is 6.21 Å². The molecular weight excluding hydrogens is 332 g/mol. The molecule has 4 rings (SSSR count). The number of rotatable bonds is 4. The lowest BCUT2D eigenvalue weighted by molar-refractivity contribution is 0.0946. The van der Waals surface area contributed by atoms with Gasteiger partial charge in [-0.2, -0.15) is 5.10 Å². The van der Waals surface area contributed by atoms with E-state index in [2.05, 4.69) is 55.2 Å². The normalized spacial score (nSPS) is 11.6. The minimum atomic E-state index is -0.580. The summed E-state index contributed by atoms with van der Waals surface area (Å²) in [5.41, 5.74) is 11.0. The van der Waals surface area contributed by atoms with E-state index in [0.29, 0.717) is 0 Å². The van der Waals surface area contributed by atoms with Crippen LogP contribution in [0.15, 0.2) is 52.2 Å². The third-order valence-electron chi connectivity index (χ3n) is 4.22. The van der Waals surface area contributed by atoms with Gasteiger partial charge in [-0.3, -0.25) is 4.79 Å². The molecule has 8 nitrogen and oxygen atoms in total. The zero-order valence-corrected chi connectivity index (χ0v) is 14.0. The number of para-hydroxylation sites is 1. The molecule has 0 bridgehead atoms. The Morgan fingerprint density at radius 3 is 2.81 bits per heavy atom. The quantitative estimate of drug-likeness (QED) is 0.435. The first-order chi connectivity index (χ1) is 12.7. The van der Waals surface area contributed by atoms with E-state index in [1.54, 1.807) is 6.21 Å². The topological polar surface area (TPSA) is 111 Å². The summed E-state index contributed by atoms with van der Waals surface area (Å²) >= 11 is 0. The molecule has 0 aliphatic carbocycles. The SMILES string of the molecule is CCn1c2ccccc2c2cc(/C=N/NC(=O)c3nonc3N)ccc21. The Hall–Kier alpha value is -3.68. The van der Waals surface area contributed by atoms with E-state index in [4.69, 9.17) is 5.73 Å². The molecule has 0 fully saturated rings. The minimum absolute atomic E-state index is 0.0773. The summed E-state index contributed by atoms with van der Waals surface area (Å²) in [6.45, 7) is 3.02. The Morgan fingerprint density at radius 2 is 2.04 bits per heavy atom. The largest absolute Gasteiger partial charge is 0.379 e. The smallest absolute Gasteiger partial charge is 0.297 e. The summed E-state index contributed by atoms with van der Waals surface area (Å²) in [6, 6.07) is 14.3. The van der Waals surface area contributed by atoms with Crippen LogP contribution in [0.4, 0.5) is 5.82 Å². The van der Waals surface area contributed by atoms with Gasteiger partial charge in [-0.05, 0) is 41.0 Å². The number of aryl methyl sites for hydroxylation is 1. The van der Waals surface area contributed by atoms with E-state index in [1.807, 2.05) is 24.3 Å². The predicted octanol–water partition coefficient (Wildman–Crippen LogP) is 2.54. The molecule has 8 heteroatoms. The highest BCUT2D eigenvalue weighted by atomic mass is 16.6. The number of hydrazone groups is 1. The number of anilines is 1. The van der Waals surface area contributed by atoms with Crippen molar-refractivity contribution in [2.75, 3.05) is 5.73 Å². The molecule has 2 aromatic heterocycles. The van der Waals surface area contributed by atoms with Crippen molar-refractivity contribution >= 4 is 39.7 Å². The Bertz CT molecular complexity index is 1140. The van der Waals surface area contributed by atoms with Gasteiger partial charge >= 0.3 is 0 Å². The number of aromatic nitrogens is 3. The van der Waals surface area contributed by atoms with Crippen LogP contribution in [0.5, 0.6) is 0 Å². The third-order valence-corrected chi connectivity index (χ3v) is 4.22. The molecule has 2 heterocycles. The molecule has 130 valence electrons. The van der Waals surface area contributed by atoms with Gasteiger partial charge in [-0.15, -0.1) is 0 Å². The fourth-order valence-corrected chi connectivity index (χ4v) is 3.06. The van der Waals surface area contributed by atoms with E-state index in [9.17, 15) is 4.79 Å². The standard InChI is InChI=1S/C18H16N6O2/c1-2-24-14-6-4-3-5-12(14)13-9-11(7-8-15(13)24)10-20-21-18(25)16-17(19)23-26-22-16/h3-10H,2H2,1H3,(H2,19,23)(H,21,25)/b20-10+. The number of fused-ring (bicyclic) bond motifs is 3. The number of benzene rings is 2. The summed E-state index contributed by atoms with van der Waals surface area (Å²) in [7, 11) is 0.